The number of thiophene rings is 1. The monoisotopic (exact) mass is 376 g/mol. The van der Waals surface area contributed by atoms with Crippen LogP contribution in [0.15, 0.2) is 36.4 Å². The van der Waals surface area contributed by atoms with Crippen molar-refractivity contribution in [3.8, 4) is 0 Å². The van der Waals surface area contributed by atoms with Gasteiger partial charge in [-0.15, -0.1) is 0 Å². The summed E-state index contributed by atoms with van der Waals surface area (Å²) < 4.78 is 4.42. The van der Waals surface area contributed by atoms with Crippen molar-refractivity contribution in [1.29, 1.82) is 0 Å². The maximum atomic E-state index is 11.1. The molecule has 0 aliphatic carbocycles. The molecule has 0 spiro atoms. The Balaban J connectivity index is 2.05. The molecule has 2 heterocycles. The van der Waals surface area contributed by atoms with Gasteiger partial charge in [0.25, 0.3) is 0 Å². The second-order valence-corrected chi connectivity index (χ2v) is 8.15. The predicted octanol–water partition coefficient (Wildman–Crippen LogP) is 3.66. The Morgan fingerprint density at radius 1 is 0.909 bits per heavy atom. The zero-order chi connectivity index (χ0) is 15.4. The summed E-state index contributed by atoms with van der Waals surface area (Å²) in [5, 5.41) is 20.3. The molecule has 4 nitrogen and oxygen atoms in total. The van der Waals surface area contributed by atoms with Crippen molar-refractivity contribution < 1.29 is 19.8 Å². The van der Waals surface area contributed by atoms with Crippen LogP contribution in [-0.2, 0) is 0 Å². The summed E-state index contributed by atoms with van der Waals surface area (Å²) in [6.45, 7) is 0. The van der Waals surface area contributed by atoms with Crippen molar-refractivity contribution in [2.45, 2.75) is 0 Å². The molecule has 2 aromatic heterocycles. The molecule has 0 aliphatic heterocycles. The standard InChI is InChI=1S/C16H8O4SSe/c17-15(18)7-1-3-9-11(5-7)21-13-10-4-2-8(16(19)20)6-12(10)22-14(9)13/h1-6H,(H,17,18)(H,19,20). The maximum absolute atomic E-state index is 11.1. The van der Waals surface area contributed by atoms with E-state index in [1.165, 1.54) is 4.26 Å². The van der Waals surface area contributed by atoms with Gasteiger partial charge in [0.1, 0.15) is 0 Å². The summed E-state index contributed by atoms with van der Waals surface area (Å²) in [5.41, 5.74) is 0.606. The zero-order valence-corrected chi connectivity index (χ0v) is 13.5. The van der Waals surface area contributed by atoms with Gasteiger partial charge in [0.05, 0.1) is 0 Å². The van der Waals surface area contributed by atoms with Crippen LogP contribution in [0.25, 0.3) is 28.7 Å². The first kappa shape index (κ1) is 13.5. The van der Waals surface area contributed by atoms with Crippen LogP contribution < -0.4 is 0 Å². The Morgan fingerprint density at radius 3 is 2.23 bits per heavy atom. The van der Waals surface area contributed by atoms with Gasteiger partial charge >= 0.3 is 134 Å². The molecule has 4 aromatic rings. The predicted molar refractivity (Wildman–Crippen MR) is 87.7 cm³/mol. The summed E-state index contributed by atoms with van der Waals surface area (Å²) in [4.78, 5) is 22.2. The summed E-state index contributed by atoms with van der Waals surface area (Å²) in [6, 6.07) is 10.4. The van der Waals surface area contributed by atoms with Gasteiger partial charge in [0.15, 0.2) is 0 Å². The van der Waals surface area contributed by atoms with Crippen molar-refractivity contribution in [2.24, 2.45) is 0 Å². The fraction of sp³-hybridized carbons (Fsp3) is 0. The van der Waals surface area contributed by atoms with Gasteiger partial charge in [-0.3, -0.25) is 0 Å². The SMILES string of the molecule is O=C(O)c1ccc2c(c1)sc1c3ccc(C(=O)O)cc3[se]c21. The molecule has 0 unspecified atom stereocenters. The Morgan fingerprint density at radius 2 is 1.55 bits per heavy atom. The summed E-state index contributed by atoms with van der Waals surface area (Å²) in [5.74, 6) is -1.84. The molecule has 0 aliphatic rings. The second-order valence-electron chi connectivity index (χ2n) is 4.89. The molecule has 0 bridgehead atoms. The number of benzene rings is 2. The van der Waals surface area contributed by atoms with E-state index in [2.05, 4.69) is 0 Å². The zero-order valence-electron chi connectivity index (χ0n) is 11.0. The van der Waals surface area contributed by atoms with Gasteiger partial charge in [-0.05, 0) is 0 Å². The fourth-order valence-corrected chi connectivity index (χ4v) is 6.94. The molecular formula is C16H8O4SSe. The molecule has 108 valence electrons. The molecule has 2 aromatic carbocycles. The number of carboxylic acid groups (broad SMARTS) is 2. The number of fused-ring (bicyclic) bond motifs is 5. The van der Waals surface area contributed by atoms with Gasteiger partial charge in [-0.2, -0.15) is 0 Å². The summed E-state index contributed by atoms with van der Waals surface area (Å²) in [7, 11) is 0. The minimum atomic E-state index is -0.924. The first-order valence-corrected chi connectivity index (χ1v) is 8.93. The van der Waals surface area contributed by atoms with Gasteiger partial charge < -0.3 is 0 Å². The third-order valence-corrected chi connectivity index (χ3v) is 7.54. The minimum absolute atomic E-state index is 0.0547. The van der Waals surface area contributed by atoms with E-state index in [-0.39, 0.29) is 14.5 Å². The molecular weight excluding hydrogens is 367 g/mol. The van der Waals surface area contributed by atoms with E-state index >= 15 is 0 Å². The van der Waals surface area contributed by atoms with E-state index in [1.54, 1.807) is 35.6 Å². The Bertz CT molecular complexity index is 1000. The third kappa shape index (κ3) is 1.89. The molecule has 0 amide bonds. The van der Waals surface area contributed by atoms with E-state index in [1.807, 2.05) is 12.1 Å². The Labute approximate surface area is 134 Å². The van der Waals surface area contributed by atoms with E-state index in [4.69, 9.17) is 10.2 Å². The molecule has 4 rings (SSSR count). The molecule has 6 heteroatoms. The van der Waals surface area contributed by atoms with E-state index < -0.39 is 11.9 Å². The summed E-state index contributed by atoms with van der Waals surface area (Å²) >= 11 is 1.63. The van der Waals surface area contributed by atoms with Gasteiger partial charge in [0, 0.05) is 0 Å². The van der Waals surface area contributed by atoms with Crippen LogP contribution in [0.1, 0.15) is 20.7 Å². The van der Waals surface area contributed by atoms with Gasteiger partial charge in [0.2, 0.25) is 0 Å². The van der Waals surface area contributed by atoms with Crippen molar-refractivity contribution in [3.05, 3.63) is 47.5 Å². The number of carboxylic acids is 2. The van der Waals surface area contributed by atoms with Crippen LogP contribution in [0.3, 0.4) is 0 Å². The van der Waals surface area contributed by atoms with Crippen LogP contribution in [0.2, 0.25) is 0 Å². The second kappa shape index (κ2) is 4.68. The van der Waals surface area contributed by atoms with Crippen molar-refractivity contribution in [2.75, 3.05) is 0 Å². The number of rotatable bonds is 2. The Hall–Kier alpha value is -2.14. The molecule has 0 radical (unpaired) electrons. The fourth-order valence-electron chi connectivity index (χ4n) is 2.52. The van der Waals surface area contributed by atoms with Crippen molar-refractivity contribution in [3.63, 3.8) is 0 Å². The third-order valence-electron chi connectivity index (χ3n) is 3.58. The number of aromatic carboxylic acids is 2. The van der Waals surface area contributed by atoms with Crippen LogP contribution in [0.5, 0.6) is 0 Å². The van der Waals surface area contributed by atoms with E-state index in [0.717, 1.165) is 24.4 Å². The average molecular weight is 375 g/mol. The van der Waals surface area contributed by atoms with Crippen LogP contribution in [-0.4, -0.2) is 36.7 Å². The van der Waals surface area contributed by atoms with Crippen molar-refractivity contribution in [1.82, 2.24) is 0 Å². The first-order valence-electron chi connectivity index (χ1n) is 6.40. The number of hydrogen-bond donors (Lipinski definition) is 2. The Kier molecular flexibility index (Phi) is 2.87. The molecule has 0 saturated carbocycles. The molecule has 22 heavy (non-hydrogen) atoms. The van der Waals surface area contributed by atoms with E-state index in [0.29, 0.717) is 11.1 Å². The van der Waals surface area contributed by atoms with Crippen LogP contribution >= 0.6 is 11.3 Å². The van der Waals surface area contributed by atoms with Gasteiger partial charge in [-0.25, -0.2) is 0 Å². The quantitative estimate of drug-likeness (QED) is 0.525. The molecule has 2 N–H and O–H groups in total. The molecule has 0 atom stereocenters. The summed E-state index contributed by atoms with van der Waals surface area (Å²) in [6.07, 6.45) is 0. The average Bonchev–Trinajstić information content (AvgIpc) is 3.01. The van der Waals surface area contributed by atoms with E-state index in [9.17, 15) is 9.59 Å². The van der Waals surface area contributed by atoms with Crippen LogP contribution in [0.4, 0.5) is 0 Å². The molecule has 0 fully saturated rings. The topological polar surface area (TPSA) is 74.6 Å². The first-order chi connectivity index (χ1) is 10.5. The number of carbonyl (C=O) groups is 2. The number of hydrogen-bond acceptors (Lipinski definition) is 3. The van der Waals surface area contributed by atoms with Crippen LogP contribution in [0, 0.1) is 0 Å². The van der Waals surface area contributed by atoms with Crippen molar-refractivity contribution >= 4 is 66.5 Å². The normalized spacial score (nSPS) is 11.5. The van der Waals surface area contributed by atoms with Gasteiger partial charge in [-0.1, -0.05) is 0 Å². The molecule has 0 saturated heterocycles.